The number of nitriles is 1. The molecule has 0 saturated heterocycles. The summed E-state index contributed by atoms with van der Waals surface area (Å²) in [5, 5.41) is 9.07. The molecule has 1 heterocycles. The van der Waals surface area contributed by atoms with Gasteiger partial charge < -0.3 is 5.73 Å². The van der Waals surface area contributed by atoms with E-state index in [2.05, 4.69) is 9.97 Å². The summed E-state index contributed by atoms with van der Waals surface area (Å²) in [6.45, 7) is 0. The Morgan fingerprint density at radius 2 is 2.45 bits per heavy atom. The van der Waals surface area contributed by atoms with Crippen molar-refractivity contribution in [1.82, 2.24) is 9.97 Å². The number of hydrogen-bond donors (Lipinski definition) is 1. The molecular weight excluding hydrogens is 160 g/mol. The summed E-state index contributed by atoms with van der Waals surface area (Å²) in [6.07, 6.45) is 3.28. The molecule has 11 heavy (non-hydrogen) atoms. The molecule has 0 atom stereocenters. The van der Waals surface area contributed by atoms with E-state index in [-0.39, 0.29) is 5.69 Å². The molecule has 0 aliphatic heterocycles. The van der Waals surface area contributed by atoms with Crippen LogP contribution in [0, 0.1) is 11.3 Å². The first-order chi connectivity index (χ1) is 5.27. The summed E-state index contributed by atoms with van der Waals surface area (Å²) in [5.74, 6) is 0. The lowest BCUT2D eigenvalue weighted by Gasteiger charge is -1.96. The third kappa shape index (κ3) is 1.59. The Hall–Kier alpha value is -1.28. The first-order valence-corrected chi connectivity index (χ1v) is 4.07. The molecule has 0 saturated carbocycles. The summed E-state index contributed by atoms with van der Waals surface area (Å²) < 4.78 is 0. The second-order valence-electron chi connectivity index (χ2n) is 1.77. The van der Waals surface area contributed by atoms with Gasteiger partial charge in [-0.25, -0.2) is 9.97 Å². The van der Waals surface area contributed by atoms with Crippen molar-refractivity contribution < 1.29 is 0 Å². The molecule has 0 bridgehead atoms. The summed E-state index contributed by atoms with van der Waals surface area (Å²) in [7, 11) is 0. The van der Waals surface area contributed by atoms with E-state index in [1.54, 1.807) is 0 Å². The van der Waals surface area contributed by atoms with Crippen LogP contribution in [0.25, 0.3) is 0 Å². The fourth-order valence-corrected chi connectivity index (χ4v) is 0.904. The van der Waals surface area contributed by atoms with E-state index in [4.69, 9.17) is 11.0 Å². The topological polar surface area (TPSA) is 75.6 Å². The zero-order valence-electron chi connectivity index (χ0n) is 5.90. The lowest BCUT2D eigenvalue weighted by molar-refractivity contribution is 0.960. The van der Waals surface area contributed by atoms with Gasteiger partial charge in [0.25, 0.3) is 0 Å². The van der Waals surface area contributed by atoms with Gasteiger partial charge >= 0.3 is 0 Å². The zero-order valence-corrected chi connectivity index (χ0v) is 6.72. The summed E-state index contributed by atoms with van der Waals surface area (Å²) in [6, 6.07) is 1.88. The third-order valence-corrected chi connectivity index (χ3v) is 1.65. The molecule has 4 nitrogen and oxygen atoms in total. The lowest BCUT2D eigenvalue weighted by Crippen LogP contribution is -1.96. The molecule has 0 radical (unpaired) electrons. The van der Waals surface area contributed by atoms with Gasteiger partial charge in [0.15, 0.2) is 10.9 Å². The molecule has 5 heteroatoms. The number of rotatable bonds is 1. The Bertz CT molecular complexity index is 304. The number of anilines is 1. The summed E-state index contributed by atoms with van der Waals surface area (Å²) >= 11 is 1.38. The number of thioether (sulfide) groups is 1. The van der Waals surface area contributed by atoms with Gasteiger partial charge in [-0.3, -0.25) is 0 Å². The lowest BCUT2D eigenvalue weighted by atomic mass is 10.4. The molecule has 0 fully saturated rings. The average molecular weight is 166 g/mol. The SMILES string of the molecule is CSc1ncc(N)c(C#N)n1. The average Bonchev–Trinajstić information content (AvgIpc) is 2.05. The number of nitrogens with two attached hydrogens (primary N) is 1. The van der Waals surface area contributed by atoms with Gasteiger partial charge in [-0.05, 0) is 6.26 Å². The molecule has 0 aliphatic carbocycles. The monoisotopic (exact) mass is 166 g/mol. The van der Waals surface area contributed by atoms with Crippen LogP contribution >= 0.6 is 11.8 Å². The first kappa shape index (κ1) is 7.82. The van der Waals surface area contributed by atoms with Crippen LogP contribution in [0.2, 0.25) is 0 Å². The van der Waals surface area contributed by atoms with E-state index in [9.17, 15) is 0 Å². The maximum atomic E-state index is 8.51. The Morgan fingerprint density at radius 3 is 3.00 bits per heavy atom. The van der Waals surface area contributed by atoms with Crippen LogP contribution in [0.15, 0.2) is 11.4 Å². The van der Waals surface area contributed by atoms with Crippen LogP contribution in [0.3, 0.4) is 0 Å². The van der Waals surface area contributed by atoms with Crippen LogP contribution in [0.5, 0.6) is 0 Å². The largest absolute Gasteiger partial charge is 0.395 e. The molecule has 0 aromatic carbocycles. The zero-order chi connectivity index (χ0) is 8.27. The van der Waals surface area contributed by atoms with Gasteiger partial charge in [0.05, 0.1) is 11.9 Å². The normalized spacial score (nSPS) is 9.09. The number of nitrogen functional groups attached to an aromatic ring is 1. The van der Waals surface area contributed by atoms with E-state index in [0.29, 0.717) is 10.8 Å². The Morgan fingerprint density at radius 1 is 1.73 bits per heavy atom. The van der Waals surface area contributed by atoms with Crippen LogP contribution in [-0.2, 0) is 0 Å². The minimum absolute atomic E-state index is 0.240. The molecule has 0 spiro atoms. The van der Waals surface area contributed by atoms with E-state index in [0.717, 1.165) is 0 Å². The number of nitrogens with zero attached hydrogens (tertiary/aromatic N) is 3. The fraction of sp³-hybridized carbons (Fsp3) is 0.167. The molecule has 1 rings (SSSR count). The Kier molecular flexibility index (Phi) is 2.28. The second kappa shape index (κ2) is 3.21. The molecule has 0 aliphatic rings. The Balaban J connectivity index is 3.15. The minimum atomic E-state index is 0.240. The standard InChI is InChI=1S/C6H6N4S/c1-11-6-9-3-4(8)5(2-7)10-6/h3H,8H2,1H3. The van der Waals surface area contributed by atoms with E-state index in [1.165, 1.54) is 18.0 Å². The van der Waals surface area contributed by atoms with Crippen molar-refractivity contribution >= 4 is 17.4 Å². The number of aromatic nitrogens is 2. The highest BCUT2D eigenvalue weighted by Crippen LogP contribution is 2.11. The van der Waals surface area contributed by atoms with Crippen molar-refractivity contribution in [3.63, 3.8) is 0 Å². The Labute approximate surface area is 68.5 Å². The van der Waals surface area contributed by atoms with Crippen molar-refractivity contribution in [1.29, 1.82) is 5.26 Å². The summed E-state index contributed by atoms with van der Waals surface area (Å²) in [4.78, 5) is 7.76. The third-order valence-electron chi connectivity index (χ3n) is 1.08. The highest BCUT2D eigenvalue weighted by Gasteiger charge is 2.01. The smallest absolute Gasteiger partial charge is 0.188 e. The van der Waals surface area contributed by atoms with Crippen LogP contribution in [0.1, 0.15) is 5.69 Å². The highest BCUT2D eigenvalue weighted by atomic mass is 32.2. The number of hydrogen-bond acceptors (Lipinski definition) is 5. The van der Waals surface area contributed by atoms with Crippen molar-refractivity contribution in [3.8, 4) is 6.07 Å². The molecule has 1 aromatic rings. The predicted molar refractivity (Wildman–Crippen MR) is 42.9 cm³/mol. The fourth-order valence-electron chi connectivity index (χ4n) is 0.563. The van der Waals surface area contributed by atoms with Crippen molar-refractivity contribution in [2.75, 3.05) is 12.0 Å². The van der Waals surface area contributed by atoms with Gasteiger partial charge in [0.2, 0.25) is 0 Å². The molecule has 0 amide bonds. The van der Waals surface area contributed by atoms with Gasteiger partial charge in [-0.1, -0.05) is 11.8 Å². The van der Waals surface area contributed by atoms with E-state index in [1.807, 2.05) is 12.3 Å². The van der Waals surface area contributed by atoms with Gasteiger partial charge in [-0.15, -0.1) is 0 Å². The minimum Gasteiger partial charge on any atom is -0.395 e. The molecular formula is C6H6N4S. The van der Waals surface area contributed by atoms with Crippen molar-refractivity contribution in [2.45, 2.75) is 5.16 Å². The predicted octanol–water partition coefficient (Wildman–Crippen LogP) is 0.652. The van der Waals surface area contributed by atoms with Crippen LogP contribution in [0.4, 0.5) is 5.69 Å². The molecule has 56 valence electrons. The molecule has 0 unspecified atom stereocenters. The van der Waals surface area contributed by atoms with Crippen molar-refractivity contribution in [3.05, 3.63) is 11.9 Å². The van der Waals surface area contributed by atoms with E-state index < -0.39 is 0 Å². The van der Waals surface area contributed by atoms with Crippen LogP contribution in [-0.4, -0.2) is 16.2 Å². The quantitative estimate of drug-likeness (QED) is 0.489. The second-order valence-corrected chi connectivity index (χ2v) is 2.55. The van der Waals surface area contributed by atoms with Crippen molar-refractivity contribution in [2.24, 2.45) is 0 Å². The molecule has 2 N–H and O–H groups in total. The highest BCUT2D eigenvalue weighted by molar-refractivity contribution is 7.98. The van der Waals surface area contributed by atoms with Gasteiger partial charge in [0, 0.05) is 0 Å². The molecule has 1 aromatic heterocycles. The maximum absolute atomic E-state index is 8.51. The van der Waals surface area contributed by atoms with E-state index >= 15 is 0 Å². The van der Waals surface area contributed by atoms with Gasteiger partial charge in [-0.2, -0.15) is 5.26 Å². The van der Waals surface area contributed by atoms with Crippen LogP contribution < -0.4 is 5.73 Å². The first-order valence-electron chi connectivity index (χ1n) is 2.84. The maximum Gasteiger partial charge on any atom is 0.188 e. The summed E-state index contributed by atoms with van der Waals surface area (Å²) in [5.41, 5.74) is 5.96. The van der Waals surface area contributed by atoms with Gasteiger partial charge in [0.1, 0.15) is 6.07 Å².